The van der Waals surface area contributed by atoms with Crippen molar-refractivity contribution < 1.29 is 9.18 Å². The van der Waals surface area contributed by atoms with Gasteiger partial charge in [-0.3, -0.25) is 9.69 Å². The Labute approximate surface area is 152 Å². The van der Waals surface area contributed by atoms with E-state index in [1.165, 1.54) is 29.0 Å². The molecule has 2 aromatic rings. The van der Waals surface area contributed by atoms with Crippen LogP contribution < -0.4 is 5.32 Å². The van der Waals surface area contributed by atoms with Crippen LogP contribution in [0.15, 0.2) is 29.8 Å². The van der Waals surface area contributed by atoms with Gasteiger partial charge < -0.3 is 5.32 Å². The average Bonchev–Trinajstić information content (AvgIpc) is 2.91. The monoisotopic (exact) mass is 360 g/mol. The largest absolute Gasteiger partial charge is 0.349 e. The van der Waals surface area contributed by atoms with Crippen LogP contribution in [0, 0.1) is 12.7 Å². The van der Waals surface area contributed by atoms with E-state index in [1.54, 1.807) is 6.07 Å². The zero-order valence-electron chi connectivity index (χ0n) is 15.1. The van der Waals surface area contributed by atoms with Gasteiger partial charge in [0.15, 0.2) is 0 Å². The number of hydrogen-bond donors (Lipinski definition) is 1. The minimum atomic E-state index is -0.260. The van der Waals surface area contributed by atoms with Gasteiger partial charge in [0.1, 0.15) is 5.82 Å². The summed E-state index contributed by atoms with van der Waals surface area (Å²) in [5, 5.41) is 4.01. The van der Waals surface area contributed by atoms with E-state index in [0.29, 0.717) is 4.88 Å². The van der Waals surface area contributed by atoms with Crippen molar-refractivity contribution in [1.82, 2.24) is 10.2 Å². The highest BCUT2D eigenvalue weighted by molar-refractivity contribution is 7.21. The van der Waals surface area contributed by atoms with E-state index in [1.807, 2.05) is 6.92 Å². The van der Waals surface area contributed by atoms with Gasteiger partial charge in [-0.15, -0.1) is 11.3 Å². The number of nitrogens with one attached hydrogen (secondary N) is 1. The second-order valence-corrected chi connectivity index (χ2v) is 8.08. The quantitative estimate of drug-likeness (QED) is 0.814. The predicted octanol–water partition coefficient (Wildman–Crippen LogP) is 4.51. The Balaban J connectivity index is 1.62. The van der Waals surface area contributed by atoms with Crippen LogP contribution in [0.5, 0.6) is 0 Å². The molecular weight excluding hydrogens is 335 g/mol. The lowest BCUT2D eigenvalue weighted by molar-refractivity contribution is 0.0917. The predicted molar refractivity (Wildman–Crippen MR) is 103 cm³/mol. The molecule has 0 spiro atoms. The van der Waals surface area contributed by atoms with Crippen LogP contribution in [0.25, 0.3) is 10.1 Å². The number of carbonyl (C=O) groups excluding carboxylic acids is 1. The van der Waals surface area contributed by atoms with E-state index in [-0.39, 0.29) is 17.8 Å². The maximum atomic E-state index is 13.4. The molecule has 134 valence electrons. The molecule has 0 atom stereocenters. The van der Waals surface area contributed by atoms with E-state index >= 15 is 0 Å². The van der Waals surface area contributed by atoms with Crippen molar-refractivity contribution in [2.24, 2.45) is 0 Å². The normalized spacial score (nSPS) is 16.2. The first-order valence-corrected chi connectivity index (χ1v) is 9.61. The number of amides is 1. The molecule has 1 N–H and O–H groups in total. The van der Waals surface area contributed by atoms with E-state index in [4.69, 9.17) is 0 Å². The third-order valence-electron chi connectivity index (χ3n) is 4.78. The first kappa shape index (κ1) is 18.1. The molecule has 0 unspecified atom stereocenters. The lowest BCUT2D eigenvalue weighted by Crippen LogP contribution is -2.44. The van der Waals surface area contributed by atoms with E-state index in [0.717, 1.165) is 48.1 Å². The Morgan fingerprint density at radius 1 is 1.36 bits per heavy atom. The molecule has 0 radical (unpaired) electrons. The standard InChI is InChI=1S/C20H25FN2OS/c1-13(2)6-9-23-10-7-16(8-11-23)22-20(24)19-14(3)17-12-15(21)4-5-18(17)25-19/h4-6,12,16H,7-11H2,1-3H3,(H,22,24). The van der Waals surface area contributed by atoms with Gasteiger partial charge in [0, 0.05) is 30.4 Å². The number of nitrogens with zero attached hydrogens (tertiary/aromatic N) is 1. The van der Waals surface area contributed by atoms with E-state index < -0.39 is 0 Å². The van der Waals surface area contributed by atoms with Gasteiger partial charge in [0.2, 0.25) is 0 Å². The van der Waals surface area contributed by atoms with Gasteiger partial charge >= 0.3 is 0 Å². The van der Waals surface area contributed by atoms with Crippen molar-refractivity contribution >= 4 is 27.3 Å². The molecule has 2 heterocycles. The van der Waals surface area contributed by atoms with Crippen molar-refractivity contribution in [3.05, 3.63) is 46.1 Å². The lowest BCUT2D eigenvalue weighted by Gasteiger charge is -2.31. The number of thiophene rings is 1. The average molecular weight is 360 g/mol. The van der Waals surface area contributed by atoms with Crippen molar-refractivity contribution in [2.75, 3.05) is 19.6 Å². The summed E-state index contributed by atoms with van der Waals surface area (Å²) in [4.78, 5) is 15.8. The highest BCUT2D eigenvalue weighted by atomic mass is 32.1. The molecule has 1 fully saturated rings. The first-order chi connectivity index (χ1) is 11.9. The third kappa shape index (κ3) is 4.28. The molecule has 1 saturated heterocycles. The number of aryl methyl sites for hydroxylation is 1. The molecular formula is C20H25FN2OS. The van der Waals surface area contributed by atoms with Gasteiger partial charge in [-0.2, -0.15) is 0 Å². The van der Waals surface area contributed by atoms with Gasteiger partial charge in [0.05, 0.1) is 4.88 Å². The van der Waals surface area contributed by atoms with Crippen LogP contribution in [0.1, 0.15) is 41.9 Å². The summed E-state index contributed by atoms with van der Waals surface area (Å²) >= 11 is 1.44. The topological polar surface area (TPSA) is 32.3 Å². The smallest absolute Gasteiger partial charge is 0.261 e. The molecule has 1 amide bonds. The Morgan fingerprint density at radius 2 is 2.08 bits per heavy atom. The fourth-order valence-electron chi connectivity index (χ4n) is 3.23. The van der Waals surface area contributed by atoms with Gasteiger partial charge in [0.25, 0.3) is 5.91 Å². The maximum Gasteiger partial charge on any atom is 0.261 e. The molecule has 1 aromatic heterocycles. The van der Waals surface area contributed by atoms with Gasteiger partial charge in [-0.25, -0.2) is 4.39 Å². The van der Waals surface area contributed by atoms with Crippen LogP contribution in [0.4, 0.5) is 4.39 Å². The number of benzene rings is 1. The van der Waals surface area contributed by atoms with Crippen LogP contribution in [0.3, 0.4) is 0 Å². The summed E-state index contributed by atoms with van der Waals surface area (Å²) in [7, 11) is 0. The molecule has 25 heavy (non-hydrogen) atoms. The number of fused-ring (bicyclic) bond motifs is 1. The van der Waals surface area contributed by atoms with Crippen molar-refractivity contribution in [1.29, 1.82) is 0 Å². The fourth-order valence-corrected chi connectivity index (χ4v) is 4.32. The SMILES string of the molecule is CC(C)=CCN1CCC(NC(=O)c2sc3ccc(F)cc3c2C)CC1. The zero-order chi connectivity index (χ0) is 18.0. The number of piperidine rings is 1. The molecule has 3 nitrogen and oxygen atoms in total. The zero-order valence-corrected chi connectivity index (χ0v) is 15.9. The summed E-state index contributed by atoms with van der Waals surface area (Å²) in [5.74, 6) is -0.286. The van der Waals surface area contributed by atoms with Crippen LogP contribution in [-0.4, -0.2) is 36.5 Å². The Bertz CT molecular complexity index is 799. The fraction of sp³-hybridized carbons (Fsp3) is 0.450. The van der Waals surface area contributed by atoms with Crippen LogP contribution in [0.2, 0.25) is 0 Å². The minimum Gasteiger partial charge on any atom is -0.349 e. The number of allylic oxidation sites excluding steroid dienone is 1. The Morgan fingerprint density at radius 3 is 2.76 bits per heavy atom. The summed E-state index contributed by atoms with van der Waals surface area (Å²) < 4.78 is 14.4. The number of likely N-dealkylation sites (tertiary alicyclic amines) is 1. The van der Waals surface area contributed by atoms with Crippen molar-refractivity contribution in [3.63, 3.8) is 0 Å². The van der Waals surface area contributed by atoms with Crippen LogP contribution in [-0.2, 0) is 0 Å². The van der Waals surface area contributed by atoms with Crippen molar-refractivity contribution in [3.8, 4) is 0 Å². The molecule has 5 heteroatoms. The maximum absolute atomic E-state index is 13.4. The molecule has 3 rings (SSSR count). The third-order valence-corrected chi connectivity index (χ3v) is 6.06. The molecule has 0 aliphatic carbocycles. The molecule has 1 aliphatic rings. The summed E-state index contributed by atoms with van der Waals surface area (Å²) in [6.45, 7) is 9.13. The number of rotatable bonds is 4. The molecule has 0 saturated carbocycles. The summed E-state index contributed by atoms with van der Waals surface area (Å²) in [6, 6.07) is 4.93. The second-order valence-electron chi connectivity index (χ2n) is 7.03. The lowest BCUT2D eigenvalue weighted by atomic mass is 10.0. The molecule has 1 aliphatic heterocycles. The van der Waals surface area contributed by atoms with Crippen LogP contribution >= 0.6 is 11.3 Å². The number of halogens is 1. The molecule has 1 aromatic carbocycles. The van der Waals surface area contributed by atoms with Crippen molar-refractivity contribution in [2.45, 2.75) is 39.7 Å². The highest BCUT2D eigenvalue weighted by Crippen LogP contribution is 2.31. The Hall–Kier alpha value is -1.72. The highest BCUT2D eigenvalue weighted by Gasteiger charge is 2.23. The summed E-state index contributed by atoms with van der Waals surface area (Å²) in [5.41, 5.74) is 2.21. The minimum absolute atomic E-state index is 0.0261. The van der Waals surface area contributed by atoms with E-state index in [9.17, 15) is 9.18 Å². The van der Waals surface area contributed by atoms with Gasteiger partial charge in [-0.1, -0.05) is 11.6 Å². The number of carbonyl (C=O) groups is 1. The summed E-state index contributed by atoms with van der Waals surface area (Å²) in [6.07, 6.45) is 4.19. The van der Waals surface area contributed by atoms with E-state index in [2.05, 4.69) is 30.1 Å². The molecule has 0 bridgehead atoms. The first-order valence-electron chi connectivity index (χ1n) is 8.79. The van der Waals surface area contributed by atoms with Gasteiger partial charge in [-0.05, 0) is 62.8 Å². The second kappa shape index (κ2) is 7.67. The Kier molecular flexibility index (Phi) is 5.54. The number of hydrogen-bond acceptors (Lipinski definition) is 3.